The van der Waals surface area contributed by atoms with E-state index in [1.807, 2.05) is 29.2 Å². The van der Waals surface area contributed by atoms with Crippen LogP contribution in [0.15, 0.2) is 40.9 Å². The van der Waals surface area contributed by atoms with Crippen LogP contribution in [0.1, 0.15) is 59.5 Å². The zero-order chi connectivity index (χ0) is 14.2. The number of benzene rings is 1. The van der Waals surface area contributed by atoms with E-state index in [0.717, 1.165) is 38.0 Å². The number of hydrogen-bond acceptors (Lipinski definition) is 3. The molecule has 21 heavy (non-hydrogen) atoms. The van der Waals surface area contributed by atoms with Crippen LogP contribution in [0.3, 0.4) is 0 Å². The number of hydrogen-bond donors (Lipinski definition) is 0. The van der Waals surface area contributed by atoms with Crippen LogP contribution in [0.2, 0.25) is 0 Å². The largest absolute Gasteiger partial charge is 0.360 e. The molecule has 0 bridgehead atoms. The number of carbonyl (C=O) groups excluding carboxylic acids is 1. The van der Waals surface area contributed by atoms with Crippen molar-refractivity contribution in [2.24, 2.45) is 0 Å². The molecule has 0 spiro atoms. The maximum absolute atomic E-state index is 12.7. The van der Waals surface area contributed by atoms with Crippen LogP contribution in [0, 0.1) is 0 Å². The van der Waals surface area contributed by atoms with E-state index < -0.39 is 0 Å². The summed E-state index contributed by atoms with van der Waals surface area (Å²) in [5.41, 5.74) is 1.66. The third-order valence-corrected chi connectivity index (χ3v) is 4.43. The van der Waals surface area contributed by atoms with Gasteiger partial charge in [-0.2, -0.15) is 0 Å². The van der Waals surface area contributed by atoms with E-state index in [-0.39, 0.29) is 11.9 Å². The van der Waals surface area contributed by atoms with E-state index in [2.05, 4.69) is 17.3 Å². The Morgan fingerprint density at radius 3 is 2.76 bits per heavy atom. The molecule has 4 rings (SSSR count). The van der Waals surface area contributed by atoms with Crippen LogP contribution >= 0.6 is 0 Å². The van der Waals surface area contributed by atoms with Gasteiger partial charge in [-0.3, -0.25) is 4.79 Å². The fraction of sp³-hybridized carbons (Fsp3) is 0.412. The summed E-state index contributed by atoms with van der Waals surface area (Å²) in [5, 5.41) is 3.98. The highest BCUT2D eigenvalue weighted by Crippen LogP contribution is 2.40. The van der Waals surface area contributed by atoms with Crippen LogP contribution < -0.4 is 0 Å². The fourth-order valence-corrected chi connectivity index (χ4v) is 3.13. The lowest BCUT2D eigenvalue weighted by Gasteiger charge is -2.24. The summed E-state index contributed by atoms with van der Waals surface area (Å²) < 4.78 is 5.31. The second-order valence-corrected chi connectivity index (χ2v) is 5.96. The van der Waals surface area contributed by atoms with Gasteiger partial charge in [0.1, 0.15) is 5.76 Å². The molecular formula is C17H18N2O2. The average Bonchev–Trinajstić information content (AvgIpc) is 3.07. The topological polar surface area (TPSA) is 46.3 Å². The summed E-state index contributed by atoms with van der Waals surface area (Å²) in [6, 6.07) is 12.2. The van der Waals surface area contributed by atoms with Gasteiger partial charge in [0.2, 0.25) is 0 Å². The number of aromatic nitrogens is 1. The van der Waals surface area contributed by atoms with Gasteiger partial charge < -0.3 is 9.42 Å². The number of carbonyl (C=O) groups is 1. The first kappa shape index (κ1) is 12.6. The van der Waals surface area contributed by atoms with Crippen molar-refractivity contribution in [2.75, 3.05) is 6.54 Å². The van der Waals surface area contributed by atoms with Crippen molar-refractivity contribution in [3.63, 3.8) is 0 Å². The zero-order valence-electron chi connectivity index (χ0n) is 11.9. The average molecular weight is 282 g/mol. The van der Waals surface area contributed by atoms with Gasteiger partial charge in [0.15, 0.2) is 5.69 Å². The van der Waals surface area contributed by atoms with Crippen LogP contribution in [-0.2, 0) is 0 Å². The van der Waals surface area contributed by atoms with Gasteiger partial charge in [-0.05, 0) is 31.2 Å². The van der Waals surface area contributed by atoms with Crippen molar-refractivity contribution in [3.05, 3.63) is 53.4 Å². The molecule has 0 N–H and O–H groups in total. The van der Waals surface area contributed by atoms with Gasteiger partial charge in [0.05, 0.1) is 6.04 Å². The minimum atomic E-state index is -0.00277. The normalized spacial score (nSPS) is 21.7. The predicted molar refractivity (Wildman–Crippen MR) is 77.9 cm³/mol. The highest BCUT2D eigenvalue weighted by Gasteiger charge is 2.34. The van der Waals surface area contributed by atoms with Crippen molar-refractivity contribution in [1.29, 1.82) is 0 Å². The Labute approximate surface area is 123 Å². The molecule has 1 aromatic heterocycles. The first-order valence-electron chi connectivity index (χ1n) is 7.65. The van der Waals surface area contributed by atoms with Gasteiger partial charge in [-0.1, -0.05) is 35.5 Å². The summed E-state index contributed by atoms with van der Waals surface area (Å²) in [6.07, 6.45) is 4.36. The molecule has 1 atom stereocenters. The van der Waals surface area contributed by atoms with Crippen molar-refractivity contribution in [3.8, 4) is 0 Å². The van der Waals surface area contributed by atoms with E-state index in [4.69, 9.17) is 4.52 Å². The lowest BCUT2D eigenvalue weighted by molar-refractivity contribution is 0.0725. The second kappa shape index (κ2) is 5.02. The lowest BCUT2D eigenvalue weighted by atomic mass is 10.0. The molecule has 0 unspecified atom stereocenters. The Balaban J connectivity index is 1.57. The minimum Gasteiger partial charge on any atom is -0.360 e. The van der Waals surface area contributed by atoms with Gasteiger partial charge in [0.25, 0.3) is 5.91 Å². The highest BCUT2D eigenvalue weighted by atomic mass is 16.5. The maximum Gasteiger partial charge on any atom is 0.276 e. The Hall–Kier alpha value is -2.10. The van der Waals surface area contributed by atoms with Crippen LogP contribution in [0.25, 0.3) is 0 Å². The zero-order valence-corrected chi connectivity index (χ0v) is 11.9. The Bertz CT molecular complexity index is 646. The molecule has 1 saturated heterocycles. The van der Waals surface area contributed by atoms with E-state index in [1.165, 1.54) is 5.56 Å². The molecule has 2 fully saturated rings. The summed E-state index contributed by atoms with van der Waals surface area (Å²) in [6.45, 7) is 0.796. The van der Waals surface area contributed by atoms with Crippen LogP contribution in [-0.4, -0.2) is 22.5 Å². The van der Waals surface area contributed by atoms with Gasteiger partial charge in [-0.15, -0.1) is 0 Å². The molecule has 2 aliphatic rings. The van der Waals surface area contributed by atoms with E-state index in [9.17, 15) is 4.79 Å². The van der Waals surface area contributed by atoms with E-state index >= 15 is 0 Å². The van der Waals surface area contributed by atoms with Crippen molar-refractivity contribution in [1.82, 2.24) is 10.1 Å². The maximum atomic E-state index is 12.7. The molecule has 2 heterocycles. The standard InChI is InChI=1S/C17H18N2O2/c20-17(14-11-16(21-18-14)13-8-9-13)19-10-4-7-15(19)12-5-2-1-3-6-12/h1-3,5-6,11,13,15H,4,7-10H2/t15-/m0/s1. The Morgan fingerprint density at radius 1 is 1.19 bits per heavy atom. The molecule has 4 nitrogen and oxygen atoms in total. The Kier molecular flexibility index (Phi) is 3.02. The molecule has 0 radical (unpaired) electrons. The third-order valence-electron chi connectivity index (χ3n) is 4.43. The number of rotatable bonds is 3. The molecule has 2 aromatic rings. The van der Waals surface area contributed by atoms with Gasteiger partial charge in [0, 0.05) is 18.5 Å². The lowest BCUT2D eigenvalue weighted by Crippen LogP contribution is -2.30. The fourth-order valence-electron chi connectivity index (χ4n) is 3.13. The minimum absolute atomic E-state index is 0.00277. The van der Waals surface area contributed by atoms with Gasteiger partial charge in [-0.25, -0.2) is 0 Å². The Morgan fingerprint density at radius 2 is 2.00 bits per heavy atom. The molecule has 108 valence electrons. The monoisotopic (exact) mass is 282 g/mol. The molecule has 1 saturated carbocycles. The van der Waals surface area contributed by atoms with Crippen molar-refractivity contribution >= 4 is 5.91 Å². The molecule has 1 aromatic carbocycles. The quantitative estimate of drug-likeness (QED) is 0.865. The summed E-state index contributed by atoms with van der Waals surface area (Å²) in [4.78, 5) is 14.6. The van der Waals surface area contributed by atoms with E-state index in [1.54, 1.807) is 0 Å². The van der Waals surface area contributed by atoms with E-state index in [0.29, 0.717) is 11.6 Å². The van der Waals surface area contributed by atoms with Crippen LogP contribution in [0.4, 0.5) is 0 Å². The van der Waals surface area contributed by atoms with Crippen molar-refractivity contribution in [2.45, 2.75) is 37.6 Å². The molecule has 1 aliphatic heterocycles. The first-order valence-corrected chi connectivity index (χ1v) is 7.65. The summed E-state index contributed by atoms with van der Waals surface area (Å²) >= 11 is 0. The van der Waals surface area contributed by atoms with Crippen LogP contribution in [0.5, 0.6) is 0 Å². The third kappa shape index (κ3) is 2.35. The second-order valence-electron chi connectivity index (χ2n) is 5.96. The number of likely N-dealkylation sites (tertiary alicyclic amines) is 1. The SMILES string of the molecule is O=C(c1cc(C2CC2)on1)N1CCC[C@H]1c1ccccc1. The van der Waals surface area contributed by atoms with Crippen molar-refractivity contribution < 1.29 is 9.32 Å². The summed E-state index contributed by atoms with van der Waals surface area (Å²) in [5.74, 6) is 1.35. The highest BCUT2D eigenvalue weighted by molar-refractivity contribution is 5.92. The summed E-state index contributed by atoms with van der Waals surface area (Å²) in [7, 11) is 0. The smallest absolute Gasteiger partial charge is 0.276 e. The molecule has 1 amide bonds. The van der Waals surface area contributed by atoms with Gasteiger partial charge >= 0.3 is 0 Å². The number of nitrogens with zero attached hydrogens (tertiary/aromatic N) is 2. The predicted octanol–water partition coefficient (Wildman–Crippen LogP) is 3.53. The first-order chi connectivity index (χ1) is 10.3. The molecule has 4 heteroatoms. The molecular weight excluding hydrogens is 264 g/mol. The number of amides is 1. The molecule has 1 aliphatic carbocycles.